The first kappa shape index (κ1) is 9.96. The molecule has 0 spiro atoms. The van der Waals surface area contributed by atoms with Gasteiger partial charge in [0.25, 0.3) is 0 Å². The molecule has 0 bridgehead atoms. The highest BCUT2D eigenvalue weighted by molar-refractivity contribution is 4.80. The van der Waals surface area contributed by atoms with Crippen LogP contribution in [0.5, 0.6) is 0 Å². The second kappa shape index (κ2) is 4.80. The van der Waals surface area contributed by atoms with E-state index in [1.807, 2.05) is 7.05 Å². The van der Waals surface area contributed by atoms with Crippen molar-refractivity contribution in [3.8, 4) is 0 Å². The lowest BCUT2D eigenvalue weighted by Gasteiger charge is -2.20. The molecular weight excluding hydrogens is 150 g/mol. The van der Waals surface area contributed by atoms with Crippen LogP contribution < -0.4 is 5.32 Å². The lowest BCUT2D eigenvalue weighted by atomic mass is 10.2. The predicted molar refractivity (Wildman–Crippen MR) is 52.5 cm³/mol. The SMILES string of the molecule is CNCCN1CCC(N(C)C)C1. The summed E-state index contributed by atoms with van der Waals surface area (Å²) in [6.07, 6.45) is 1.33. The Labute approximate surface area is 75.7 Å². The molecule has 0 amide bonds. The maximum Gasteiger partial charge on any atom is 0.0229 e. The van der Waals surface area contributed by atoms with Gasteiger partial charge >= 0.3 is 0 Å². The van der Waals surface area contributed by atoms with Crippen molar-refractivity contribution in [1.82, 2.24) is 15.1 Å². The average Bonchev–Trinajstić information content (AvgIpc) is 2.48. The first-order valence-electron chi connectivity index (χ1n) is 4.77. The number of rotatable bonds is 4. The Bertz CT molecular complexity index is 125. The van der Waals surface area contributed by atoms with Gasteiger partial charge in [0.1, 0.15) is 0 Å². The molecule has 1 aliphatic heterocycles. The van der Waals surface area contributed by atoms with Gasteiger partial charge in [0.15, 0.2) is 0 Å². The molecule has 1 atom stereocenters. The standard InChI is InChI=1S/C9H21N3/c1-10-5-7-12-6-4-9(8-12)11(2)3/h9-10H,4-8H2,1-3H3. The van der Waals surface area contributed by atoms with E-state index in [1.165, 1.54) is 26.1 Å². The first-order valence-corrected chi connectivity index (χ1v) is 4.77. The molecule has 1 fully saturated rings. The maximum atomic E-state index is 3.18. The average molecular weight is 171 g/mol. The molecule has 1 unspecified atom stereocenters. The summed E-state index contributed by atoms with van der Waals surface area (Å²) in [6, 6.07) is 0.779. The van der Waals surface area contributed by atoms with Crippen molar-refractivity contribution < 1.29 is 0 Å². The van der Waals surface area contributed by atoms with Crippen molar-refractivity contribution in [2.75, 3.05) is 47.3 Å². The molecule has 0 aliphatic carbocycles. The Morgan fingerprint density at radius 3 is 2.75 bits per heavy atom. The zero-order valence-electron chi connectivity index (χ0n) is 8.51. The number of likely N-dealkylation sites (N-methyl/N-ethyl adjacent to an activating group) is 2. The van der Waals surface area contributed by atoms with Gasteiger partial charge in [-0.15, -0.1) is 0 Å². The van der Waals surface area contributed by atoms with Crippen molar-refractivity contribution in [3.63, 3.8) is 0 Å². The van der Waals surface area contributed by atoms with E-state index in [1.54, 1.807) is 0 Å². The normalized spacial score (nSPS) is 25.5. The van der Waals surface area contributed by atoms with E-state index in [0.29, 0.717) is 0 Å². The topological polar surface area (TPSA) is 18.5 Å². The summed E-state index contributed by atoms with van der Waals surface area (Å²) in [4.78, 5) is 4.86. The fraction of sp³-hybridized carbons (Fsp3) is 1.00. The second-order valence-corrected chi connectivity index (χ2v) is 3.81. The summed E-state index contributed by atoms with van der Waals surface area (Å²) in [5, 5.41) is 3.18. The van der Waals surface area contributed by atoms with Gasteiger partial charge in [-0.2, -0.15) is 0 Å². The Kier molecular flexibility index (Phi) is 3.98. The van der Waals surface area contributed by atoms with Gasteiger partial charge in [-0.3, -0.25) is 0 Å². The number of hydrogen-bond donors (Lipinski definition) is 1. The van der Waals surface area contributed by atoms with E-state index in [0.717, 1.165) is 12.6 Å². The number of likely N-dealkylation sites (tertiary alicyclic amines) is 1. The molecule has 0 aromatic heterocycles. The van der Waals surface area contributed by atoms with E-state index in [-0.39, 0.29) is 0 Å². The summed E-state index contributed by atoms with van der Waals surface area (Å²) in [6.45, 7) is 4.82. The predicted octanol–water partition coefficient (Wildman–Crippen LogP) is -0.158. The molecule has 12 heavy (non-hydrogen) atoms. The van der Waals surface area contributed by atoms with Crippen LogP contribution in [0.15, 0.2) is 0 Å². The lowest BCUT2D eigenvalue weighted by molar-refractivity contribution is 0.269. The van der Waals surface area contributed by atoms with Crippen LogP contribution in [-0.4, -0.2) is 63.2 Å². The quantitative estimate of drug-likeness (QED) is 0.634. The molecule has 1 rings (SSSR count). The van der Waals surface area contributed by atoms with Gasteiger partial charge in [-0.25, -0.2) is 0 Å². The van der Waals surface area contributed by atoms with Crippen LogP contribution in [0.1, 0.15) is 6.42 Å². The Morgan fingerprint density at radius 1 is 1.50 bits per heavy atom. The molecule has 1 N–H and O–H groups in total. The van der Waals surface area contributed by atoms with Crippen molar-refractivity contribution in [3.05, 3.63) is 0 Å². The third-order valence-corrected chi connectivity index (χ3v) is 2.66. The molecular formula is C9H21N3. The number of hydrogen-bond acceptors (Lipinski definition) is 3. The van der Waals surface area contributed by atoms with E-state index >= 15 is 0 Å². The van der Waals surface area contributed by atoms with Crippen LogP contribution in [-0.2, 0) is 0 Å². The Hall–Kier alpha value is -0.120. The van der Waals surface area contributed by atoms with Gasteiger partial charge in [0.2, 0.25) is 0 Å². The van der Waals surface area contributed by atoms with Crippen LogP contribution in [0, 0.1) is 0 Å². The van der Waals surface area contributed by atoms with Crippen molar-refractivity contribution in [2.24, 2.45) is 0 Å². The van der Waals surface area contributed by atoms with Gasteiger partial charge in [-0.05, 0) is 34.1 Å². The zero-order valence-corrected chi connectivity index (χ0v) is 8.51. The Morgan fingerprint density at radius 2 is 2.25 bits per heavy atom. The molecule has 0 saturated carbocycles. The number of nitrogens with zero attached hydrogens (tertiary/aromatic N) is 2. The molecule has 3 heteroatoms. The van der Waals surface area contributed by atoms with E-state index in [9.17, 15) is 0 Å². The van der Waals surface area contributed by atoms with Crippen LogP contribution in [0.4, 0.5) is 0 Å². The van der Waals surface area contributed by atoms with Crippen molar-refractivity contribution >= 4 is 0 Å². The van der Waals surface area contributed by atoms with Gasteiger partial charge in [0.05, 0.1) is 0 Å². The molecule has 72 valence electrons. The number of nitrogens with one attached hydrogen (secondary N) is 1. The third-order valence-electron chi connectivity index (χ3n) is 2.66. The van der Waals surface area contributed by atoms with Crippen molar-refractivity contribution in [1.29, 1.82) is 0 Å². The van der Waals surface area contributed by atoms with Crippen LogP contribution in [0.2, 0.25) is 0 Å². The largest absolute Gasteiger partial charge is 0.318 e. The summed E-state index contributed by atoms with van der Waals surface area (Å²) >= 11 is 0. The van der Waals surface area contributed by atoms with E-state index < -0.39 is 0 Å². The summed E-state index contributed by atoms with van der Waals surface area (Å²) in [5.74, 6) is 0. The maximum absolute atomic E-state index is 3.18. The monoisotopic (exact) mass is 171 g/mol. The summed E-state index contributed by atoms with van der Waals surface area (Å²) < 4.78 is 0. The minimum absolute atomic E-state index is 0.779. The molecule has 0 aromatic carbocycles. The van der Waals surface area contributed by atoms with Crippen LogP contribution in [0.25, 0.3) is 0 Å². The summed E-state index contributed by atoms with van der Waals surface area (Å²) in [5.41, 5.74) is 0. The molecule has 0 aromatic rings. The smallest absolute Gasteiger partial charge is 0.0229 e. The first-order chi connectivity index (χ1) is 5.74. The minimum Gasteiger partial charge on any atom is -0.318 e. The molecule has 0 radical (unpaired) electrons. The fourth-order valence-corrected chi connectivity index (χ4v) is 1.71. The molecule has 3 nitrogen and oxygen atoms in total. The highest BCUT2D eigenvalue weighted by atomic mass is 15.2. The summed E-state index contributed by atoms with van der Waals surface area (Å²) in [7, 11) is 6.36. The molecule has 1 saturated heterocycles. The third kappa shape index (κ3) is 2.73. The van der Waals surface area contributed by atoms with Gasteiger partial charge < -0.3 is 15.1 Å². The Balaban J connectivity index is 2.17. The minimum atomic E-state index is 0.779. The lowest BCUT2D eigenvalue weighted by Crippen LogP contribution is -2.34. The van der Waals surface area contributed by atoms with Gasteiger partial charge in [-0.1, -0.05) is 0 Å². The highest BCUT2D eigenvalue weighted by Gasteiger charge is 2.22. The van der Waals surface area contributed by atoms with Crippen LogP contribution >= 0.6 is 0 Å². The molecule has 1 aliphatic rings. The van der Waals surface area contributed by atoms with E-state index in [2.05, 4.69) is 29.2 Å². The molecule has 1 heterocycles. The fourth-order valence-electron chi connectivity index (χ4n) is 1.71. The van der Waals surface area contributed by atoms with E-state index in [4.69, 9.17) is 0 Å². The highest BCUT2D eigenvalue weighted by Crippen LogP contribution is 2.11. The van der Waals surface area contributed by atoms with Gasteiger partial charge in [0, 0.05) is 25.7 Å². The van der Waals surface area contributed by atoms with Crippen LogP contribution in [0.3, 0.4) is 0 Å². The zero-order chi connectivity index (χ0) is 8.97. The second-order valence-electron chi connectivity index (χ2n) is 3.81. The van der Waals surface area contributed by atoms with Crippen molar-refractivity contribution in [2.45, 2.75) is 12.5 Å².